The van der Waals surface area contributed by atoms with Crippen LogP contribution in [0.3, 0.4) is 0 Å². The maximum absolute atomic E-state index is 13.0. The minimum absolute atomic E-state index is 0.0986. The summed E-state index contributed by atoms with van der Waals surface area (Å²) in [6.45, 7) is 2.02. The minimum atomic E-state index is -2.62. The van der Waals surface area contributed by atoms with Crippen LogP contribution in [0, 0.1) is 6.92 Å². The lowest BCUT2D eigenvalue weighted by atomic mass is 10.2. The lowest BCUT2D eigenvalue weighted by Crippen LogP contribution is -2.30. The van der Waals surface area contributed by atoms with Crippen molar-refractivity contribution in [3.05, 3.63) is 60.0 Å². The highest BCUT2D eigenvalue weighted by Crippen LogP contribution is 2.28. The first kappa shape index (κ1) is 20.2. The lowest BCUT2D eigenvalue weighted by molar-refractivity contribution is -0.131. The van der Waals surface area contributed by atoms with E-state index < -0.39 is 5.76 Å². The van der Waals surface area contributed by atoms with Crippen LogP contribution in [0.2, 0.25) is 0 Å². The van der Waals surface area contributed by atoms with Crippen molar-refractivity contribution in [2.75, 3.05) is 7.05 Å². The van der Waals surface area contributed by atoms with E-state index in [1.54, 1.807) is 31.3 Å². The Morgan fingerprint density at radius 1 is 1.07 bits per heavy atom. The van der Waals surface area contributed by atoms with E-state index in [2.05, 4.69) is 15.0 Å². The first-order valence-corrected chi connectivity index (χ1v) is 10.2. The number of aromatic nitrogens is 4. The highest BCUT2D eigenvalue weighted by molar-refractivity contribution is 7.99. The molecule has 0 spiro atoms. The third kappa shape index (κ3) is 4.11. The van der Waals surface area contributed by atoms with Gasteiger partial charge < -0.3 is 9.47 Å². The molecule has 0 fully saturated rings. The number of halogens is 2. The molecule has 0 bridgehead atoms. The molecule has 0 radical (unpaired) electrons. The molecule has 30 heavy (non-hydrogen) atoms. The first-order chi connectivity index (χ1) is 14.4. The van der Waals surface area contributed by atoms with Gasteiger partial charge in [-0.2, -0.15) is 8.78 Å². The van der Waals surface area contributed by atoms with E-state index >= 15 is 0 Å². The normalized spacial score (nSPS) is 11.5. The fourth-order valence-electron chi connectivity index (χ4n) is 3.30. The zero-order valence-corrected chi connectivity index (χ0v) is 17.2. The van der Waals surface area contributed by atoms with E-state index in [1.165, 1.54) is 9.47 Å². The van der Waals surface area contributed by atoms with Crippen molar-refractivity contribution >= 4 is 39.6 Å². The first-order valence-electron chi connectivity index (χ1n) is 9.28. The van der Waals surface area contributed by atoms with E-state index in [1.807, 2.05) is 31.2 Å². The smallest absolute Gasteiger partial charge is 0.291 e. The average molecular weight is 427 g/mol. The number of hydrogen-bond donors (Lipinski definition) is 0. The number of fused-ring (bicyclic) bond motifs is 2. The number of alkyl halides is 2. The molecule has 4 aromatic rings. The SMILES string of the molecule is Cc1nc(CN(C)C(=O)Cn2c(SC(F)F)nc3ccccc32)nc2ccccc12. The molecule has 0 atom stereocenters. The summed E-state index contributed by atoms with van der Waals surface area (Å²) in [4.78, 5) is 27.6. The molecular formula is C21H19F2N5OS. The van der Waals surface area contributed by atoms with Gasteiger partial charge in [-0.05, 0) is 36.9 Å². The maximum Gasteiger partial charge on any atom is 0.291 e. The number of hydrogen-bond acceptors (Lipinski definition) is 5. The highest BCUT2D eigenvalue weighted by Gasteiger charge is 2.20. The van der Waals surface area contributed by atoms with Crippen LogP contribution in [-0.2, 0) is 17.9 Å². The third-order valence-corrected chi connectivity index (χ3v) is 5.45. The average Bonchev–Trinajstić information content (AvgIpc) is 3.04. The van der Waals surface area contributed by atoms with Gasteiger partial charge in [0.2, 0.25) is 5.91 Å². The molecule has 0 aliphatic rings. The number of thioether (sulfide) groups is 1. The summed E-state index contributed by atoms with van der Waals surface area (Å²) in [5.74, 6) is -2.34. The van der Waals surface area contributed by atoms with Gasteiger partial charge in [0.15, 0.2) is 5.16 Å². The van der Waals surface area contributed by atoms with E-state index in [9.17, 15) is 13.6 Å². The van der Waals surface area contributed by atoms with Gasteiger partial charge in [-0.15, -0.1) is 0 Å². The quantitative estimate of drug-likeness (QED) is 0.430. The summed E-state index contributed by atoms with van der Waals surface area (Å²) in [5.41, 5.74) is 2.87. The summed E-state index contributed by atoms with van der Waals surface area (Å²) in [7, 11) is 1.65. The number of carbonyl (C=O) groups is 1. The third-order valence-electron chi connectivity index (χ3n) is 4.75. The molecule has 2 heterocycles. The van der Waals surface area contributed by atoms with Crippen LogP contribution < -0.4 is 0 Å². The van der Waals surface area contributed by atoms with Crippen LogP contribution in [0.4, 0.5) is 8.78 Å². The van der Waals surface area contributed by atoms with Gasteiger partial charge in [0.1, 0.15) is 12.4 Å². The molecule has 2 aromatic carbocycles. The molecule has 2 aromatic heterocycles. The van der Waals surface area contributed by atoms with Crippen LogP contribution in [0.1, 0.15) is 11.5 Å². The number of para-hydroxylation sites is 3. The zero-order valence-electron chi connectivity index (χ0n) is 16.4. The van der Waals surface area contributed by atoms with Crippen molar-refractivity contribution in [1.82, 2.24) is 24.4 Å². The van der Waals surface area contributed by atoms with E-state index in [0.717, 1.165) is 16.6 Å². The molecule has 0 N–H and O–H groups in total. The molecule has 6 nitrogen and oxygen atoms in total. The topological polar surface area (TPSA) is 63.9 Å². The van der Waals surface area contributed by atoms with Gasteiger partial charge in [-0.25, -0.2) is 15.0 Å². The number of imidazole rings is 1. The van der Waals surface area contributed by atoms with Gasteiger partial charge in [0.25, 0.3) is 5.76 Å². The molecule has 0 aliphatic heterocycles. The summed E-state index contributed by atoms with van der Waals surface area (Å²) < 4.78 is 27.5. The summed E-state index contributed by atoms with van der Waals surface area (Å²) in [6, 6.07) is 14.8. The Balaban J connectivity index is 1.57. The minimum Gasteiger partial charge on any atom is -0.337 e. The van der Waals surface area contributed by atoms with E-state index in [4.69, 9.17) is 0 Å². The summed E-state index contributed by atoms with van der Waals surface area (Å²) in [5, 5.41) is 1.08. The molecule has 0 aliphatic carbocycles. The fraction of sp³-hybridized carbons (Fsp3) is 0.238. The molecule has 1 amide bonds. The van der Waals surface area contributed by atoms with Crippen LogP contribution in [0.25, 0.3) is 21.9 Å². The monoisotopic (exact) mass is 427 g/mol. The van der Waals surface area contributed by atoms with E-state index in [-0.39, 0.29) is 24.2 Å². The Labute approximate surface area is 175 Å². The van der Waals surface area contributed by atoms with Crippen LogP contribution in [0.15, 0.2) is 53.7 Å². The Morgan fingerprint density at radius 3 is 2.53 bits per heavy atom. The molecule has 9 heteroatoms. The number of carbonyl (C=O) groups excluding carboxylic acids is 1. The standard InChI is InChI=1S/C21H19F2N5OS/c1-13-14-7-3-4-8-15(14)25-18(24-13)11-27(2)19(29)12-28-17-10-6-5-9-16(17)26-21(28)30-20(22)23/h3-10,20H,11-12H2,1-2H3. The second-order valence-electron chi connectivity index (χ2n) is 6.84. The second kappa shape index (κ2) is 8.35. The van der Waals surface area contributed by atoms with Crippen molar-refractivity contribution in [2.24, 2.45) is 0 Å². The summed E-state index contributed by atoms with van der Waals surface area (Å²) >= 11 is 0.335. The molecular weight excluding hydrogens is 408 g/mol. The lowest BCUT2D eigenvalue weighted by Gasteiger charge is -2.18. The van der Waals surface area contributed by atoms with Crippen molar-refractivity contribution in [1.29, 1.82) is 0 Å². The number of nitrogens with zero attached hydrogens (tertiary/aromatic N) is 5. The van der Waals surface area contributed by atoms with E-state index in [0.29, 0.717) is 28.6 Å². The predicted molar refractivity (Wildman–Crippen MR) is 112 cm³/mol. The molecule has 0 unspecified atom stereocenters. The second-order valence-corrected chi connectivity index (χ2v) is 7.80. The maximum atomic E-state index is 13.0. The Hall–Kier alpha value is -3.07. The van der Waals surface area contributed by atoms with Gasteiger partial charge in [-0.1, -0.05) is 30.3 Å². The van der Waals surface area contributed by atoms with Crippen molar-refractivity contribution < 1.29 is 13.6 Å². The number of benzene rings is 2. The molecule has 0 saturated heterocycles. The Kier molecular flexibility index (Phi) is 5.63. The van der Waals surface area contributed by atoms with Crippen LogP contribution in [0.5, 0.6) is 0 Å². The molecule has 0 saturated carbocycles. The van der Waals surface area contributed by atoms with Gasteiger partial charge in [0, 0.05) is 18.1 Å². The Bertz CT molecular complexity index is 1230. The summed E-state index contributed by atoms with van der Waals surface area (Å²) in [6.07, 6.45) is 0. The van der Waals surface area contributed by atoms with Crippen molar-refractivity contribution in [2.45, 2.75) is 30.9 Å². The number of aryl methyl sites for hydroxylation is 1. The zero-order chi connectivity index (χ0) is 21.3. The van der Waals surface area contributed by atoms with Gasteiger partial charge >= 0.3 is 0 Å². The number of likely N-dealkylation sites (N-methyl/N-ethyl adjacent to an activating group) is 1. The van der Waals surface area contributed by atoms with Crippen molar-refractivity contribution in [3.8, 4) is 0 Å². The number of amides is 1. The van der Waals surface area contributed by atoms with Crippen molar-refractivity contribution in [3.63, 3.8) is 0 Å². The molecule has 154 valence electrons. The van der Waals surface area contributed by atoms with Crippen LogP contribution in [-0.4, -0.2) is 43.1 Å². The van der Waals surface area contributed by atoms with Gasteiger partial charge in [-0.3, -0.25) is 4.79 Å². The fourth-order valence-corrected chi connectivity index (χ4v) is 3.90. The highest BCUT2D eigenvalue weighted by atomic mass is 32.2. The van der Waals surface area contributed by atoms with Gasteiger partial charge in [0.05, 0.1) is 23.1 Å². The largest absolute Gasteiger partial charge is 0.337 e. The predicted octanol–water partition coefficient (Wildman–Crippen LogP) is 4.26. The molecule has 4 rings (SSSR count). The Morgan fingerprint density at radius 2 is 1.77 bits per heavy atom. The number of rotatable bonds is 6. The van der Waals surface area contributed by atoms with Crippen LogP contribution >= 0.6 is 11.8 Å².